The third kappa shape index (κ3) is 2.53. The highest BCUT2D eigenvalue weighted by atomic mass is 14.9. The molecule has 17 heavy (non-hydrogen) atoms. The molecule has 0 fully saturated rings. The first-order chi connectivity index (χ1) is 8.22. The molecule has 4 heteroatoms. The summed E-state index contributed by atoms with van der Waals surface area (Å²) in [7, 11) is 0. The number of aromatic amines is 1. The van der Waals surface area contributed by atoms with Gasteiger partial charge in [-0.2, -0.15) is 0 Å². The highest BCUT2D eigenvalue weighted by molar-refractivity contribution is 5.57. The Morgan fingerprint density at radius 1 is 1.35 bits per heavy atom. The average molecular weight is 230 g/mol. The largest absolute Gasteiger partial charge is 0.367 e. The summed E-state index contributed by atoms with van der Waals surface area (Å²) in [6.45, 7) is 4.86. The lowest BCUT2D eigenvalue weighted by atomic mass is 9.95. The van der Waals surface area contributed by atoms with E-state index >= 15 is 0 Å². The number of nitrogens with two attached hydrogens (primary N) is 1. The number of H-pyrrole nitrogens is 1. The predicted octanol–water partition coefficient (Wildman–Crippen LogP) is 2.17. The van der Waals surface area contributed by atoms with Gasteiger partial charge in [0.05, 0.1) is 5.69 Å². The van der Waals surface area contributed by atoms with Crippen LogP contribution in [0.25, 0.3) is 11.3 Å². The lowest BCUT2D eigenvalue weighted by Gasteiger charge is -2.17. The summed E-state index contributed by atoms with van der Waals surface area (Å²) in [5.41, 5.74) is 7.81. The summed E-state index contributed by atoms with van der Waals surface area (Å²) < 4.78 is 0. The van der Waals surface area contributed by atoms with Gasteiger partial charge in [0.2, 0.25) is 0 Å². The van der Waals surface area contributed by atoms with Gasteiger partial charge in [0.15, 0.2) is 0 Å². The van der Waals surface area contributed by atoms with Crippen LogP contribution in [-0.2, 0) is 0 Å². The van der Waals surface area contributed by atoms with Crippen LogP contribution in [0.3, 0.4) is 0 Å². The van der Waals surface area contributed by atoms with Crippen molar-refractivity contribution in [2.45, 2.75) is 19.8 Å². The Kier molecular flexibility index (Phi) is 3.54. The molecule has 0 radical (unpaired) electrons. The van der Waals surface area contributed by atoms with E-state index < -0.39 is 0 Å². The second kappa shape index (κ2) is 5.10. The summed E-state index contributed by atoms with van der Waals surface area (Å²) in [4.78, 5) is 12.0. The van der Waals surface area contributed by atoms with Gasteiger partial charge in [-0.3, -0.25) is 0 Å². The van der Waals surface area contributed by atoms with E-state index in [2.05, 4.69) is 28.8 Å². The fourth-order valence-electron chi connectivity index (χ4n) is 1.87. The first-order valence-electron chi connectivity index (χ1n) is 5.88. The topological polar surface area (TPSA) is 67.6 Å². The van der Waals surface area contributed by atoms with Crippen LogP contribution in [0.1, 0.15) is 25.6 Å². The van der Waals surface area contributed by atoms with Crippen molar-refractivity contribution in [2.24, 2.45) is 11.7 Å². The molecule has 3 N–H and O–H groups in total. The molecule has 0 aliphatic heterocycles. The summed E-state index contributed by atoms with van der Waals surface area (Å²) in [5.74, 6) is 1.50. The number of rotatable bonds is 4. The fourth-order valence-corrected chi connectivity index (χ4v) is 1.87. The van der Waals surface area contributed by atoms with Gasteiger partial charge in [0.25, 0.3) is 0 Å². The normalized spacial score (nSPS) is 12.9. The molecule has 2 heterocycles. The van der Waals surface area contributed by atoms with E-state index in [4.69, 9.17) is 5.73 Å². The van der Waals surface area contributed by atoms with Crippen molar-refractivity contribution in [3.63, 3.8) is 0 Å². The molecule has 0 saturated carbocycles. The molecule has 2 aromatic heterocycles. The van der Waals surface area contributed by atoms with Crippen molar-refractivity contribution in [3.8, 4) is 11.3 Å². The van der Waals surface area contributed by atoms with Crippen molar-refractivity contribution in [1.29, 1.82) is 0 Å². The quantitative estimate of drug-likeness (QED) is 0.845. The molecule has 4 nitrogen and oxygen atoms in total. The van der Waals surface area contributed by atoms with Gasteiger partial charge in [-0.25, -0.2) is 9.97 Å². The standard InChI is InChI=1S/C13H18N4/c1-9(2)11(7-14)13-16-6-4-12(17-13)10-3-5-15-8-10/h3-6,8-9,11,15H,7,14H2,1-2H3. The first kappa shape index (κ1) is 11.8. The highest BCUT2D eigenvalue weighted by Crippen LogP contribution is 2.22. The smallest absolute Gasteiger partial charge is 0.133 e. The Hall–Kier alpha value is -1.68. The van der Waals surface area contributed by atoms with Crippen molar-refractivity contribution in [2.75, 3.05) is 6.54 Å². The molecule has 90 valence electrons. The summed E-state index contributed by atoms with van der Waals surface area (Å²) >= 11 is 0. The van der Waals surface area contributed by atoms with Crippen molar-refractivity contribution in [1.82, 2.24) is 15.0 Å². The second-order valence-electron chi connectivity index (χ2n) is 4.49. The van der Waals surface area contributed by atoms with E-state index in [0.717, 1.165) is 17.1 Å². The zero-order valence-corrected chi connectivity index (χ0v) is 10.2. The number of nitrogens with zero attached hydrogens (tertiary/aromatic N) is 2. The zero-order chi connectivity index (χ0) is 12.3. The fraction of sp³-hybridized carbons (Fsp3) is 0.385. The minimum Gasteiger partial charge on any atom is -0.367 e. The molecule has 0 aliphatic carbocycles. The third-order valence-corrected chi connectivity index (χ3v) is 2.96. The Morgan fingerprint density at radius 3 is 2.76 bits per heavy atom. The van der Waals surface area contributed by atoms with Gasteiger partial charge in [0.1, 0.15) is 5.82 Å². The molecule has 2 rings (SSSR count). The summed E-state index contributed by atoms with van der Waals surface area (Å²) in [5, 5.41) is 0. The van der Waals surface area contributed by atoms with Crippen LogP contribution in [0.15, 0.2) is 30.7 Å². The first-order valence-corrected chi connectivity index (χ1v) is 5.88. The van der Waals surface area contributed by atoms with Crippen LogP contribution in [-0.4, -0.2) is 21.5 Å². The van der Waals surface area contributed by atoms with E-state index in [1.54, 1.807) is 6.20 Å². The molecular formula is C13H18N4. The Bertz CT molecular complexity index is 462. The maximum Gasteiger partial charge on any atom is 0.133 e. The number of hydrogen-bond donors (Lipinski definition) is 2. The molecule has 2 aromatic rings. The van der Waals surface area contributed by atoms with Gasteiger partial charge in [0, 0.05) is 36.6 Å². The van der Waals surface area contributed by atoms with Crippen LogP contribution in [0.5, 0.6) is 0 Å². The summed E-state index contributed by atoms with van der Waals surface area (Å²) in [6.07, 6.45) is 5.62. The van der Waals surface area contributed by atoms with E-state index in [-0.39, 0.29) is 5.92 Å². The van der Waals surface area contributed by atoms with Crippen LogP contribution < -0.4 is 5.73 Å². The lowest BCUT2D eigenvalue weighted by Crippen LogP contribution is -2.20. The molecule has 0 amide bonds. The number of hydrogen-bond acceptors (Lipinski definition) is 3. The van der Waals surface area contributed by atoms with Gasteiger partial charge in [-0.05, 0) is 18.1 Å². The Labute approximate surface area is 101 Å². The van der Waals surface area contributed by atoms with Crippen molar-refractivity contribution in [3.05, 3.63) is 36.5 Å². The highest BCUT2D eigenvalue weighted by Gasteiger charge is 2.17. The molecule has 0 aromatic carbocycles. The van der Waals surface area contributed by atoms with Gasteiger partial charge in [-0.1, -0.05) is 13.8 Å². The molecule has 0 spiro atoms. The maximum absolute atomic E-state index is 5.79. The van der Waals surface area contributed by atoms with Crippen LogP contribution in [0.2, 0.25) is 0 Å². The van der Waals surface area contributed by atoms with Gasteiger partial charge in [-0.15, -0.1) is 0 Å². The minimum absolute atomic E-state index is 0.217. The Morgan fingerprint density at radius 2 is 2.18 bits per heavy atom. The molecule has 0 aliphatic rings. The van der Waals surface area contributed by atoms with E-state index in [1.807, 2.05) is 24.5 Å². The SMILES string of the molecule is CC(C)C(CN)c1nccc(-c2cc[nH]c2)n1. The number of nitrogens with one attached hydrogen (secondary N) is 1. The summed E-state index contributed by atoms with van der Waals surface area (Å²) in [6, 6.07) is 3.92. The molecular weight excluding hydrogens is 212 g/mol. The second-order valence-corrected chi connectivity index (χ2v) is 4.49. The average Bonchev–Trinajstić information content (AvgIpc) is 2.83. The zero-order valence-electron chi connectivity index (χ0n) is 10.2. The van der Waals surface area contributed by atoms with Crippen LogP contribution in [0.4, 0.5) is 0 Å². The van der Waals surface area contributed by atoms with E-state index in [1.165, 1.54) is 0 Å². The van der Waals surface area contributed by atoms with E-state index in [0.29, 0.717) is 12.5 Å². The third-order valence-electron chi connectivity index (χ3n) is 2.96. The molecule has 1 unspecified atom stereocenters. The number of aromatic nitrogens is 3. The van der Waals surface area contributed by atoms with Gasteiger partial charge >= 0.3 is 0 Å². The molecule has 1 atom stereocenters. The van der Waals surface area contributed by atoms with Crippen molar-refractivity contribution >= 4 is 0 Å². The van der Waals surface area contributed by atoms with E-state index in [9.17, 15) is 0 Å². The van der Waals surface area contributed by atoms with Crippen molar-refractivity contribution < 1.29 is 0 Å². The lowest BCUT2D eigenvalue weighted by molar-refractivity contribution is 0.483. The molecule has 0 saturated heterocycles. The predicted molar refractivity (Wildman–Crippen MR) is 68.5 cm³/mol. The minimum atomic E-state index is 0.217. The van der Waals surface area contributed by atoms with Gasteiger partial charge < -0.3 is 10.7 Å². The van der Waals surface area contributed by atoms with Crippen LogP contribution >= 0.6 is 0 Å². The van der Waals surface area contributed by atoms with Crippen LogP contribution in [0, 0.1) is 5.92 Å². The monoisotopic (exact) mass is 230 g/mol. The Balaban J connectivity index is 2.34. The maximum atomic E-state index is 5.79. The molecule has 0 bridgehead atoms.